The molecular formula is C10H15BrN2. The predicted octanol–water partition coefficient (Wildman–Crippen LogP) is 1.84. The molecule has 0 atom stereocenters. The molecule has 1 aromatic rings. The zero-order chi connectivity index (χ0) is 9.68. The van der Waals surface area contributed by atoms with Crippen LogP contribution in [0.15, 0.2) is 28.7 Å². The van der Waals surface area contributed by atoms with E-state index in [2.05, 4.69) is 52.1 Å². The molecule has 0 bridgehead atoms. The van der Waals surface area contributed by atoms with Crippen molar-refractivity contribution < 1.29 is 0 Å². The summed E-state index contributed by atoms with van der Waals surface area (Å²) in [7, 11) is 2.08. The number of likely N-dealkylation sites (N-methyl/N-ethyl adjacent to an activating group) is 1. The van der Waals surface area contributed by atoms with Crippen molar-refractivity contribution in [2.75, 3.05) is 20.1 Å². The molecular weight excluding hydrogens is 228 g/mol. The number of halogens is 1. The van der Waals surface area contributed by atoms with Gasteiger partial charge in [-0.1, -0.05) is 28.1 Å². The highest BCUT2D eigenvalue weighted by Gasteiger charge is 1.98. The van der Waals surface area contributed by atoms with E-state index in [0.29, 0.717) is 6.54 Å². The maximum absolute atomic E-state index is 5.46. The second-order valence-corrected chi connectivity index (χ2v) is 4.07. The summed E-state index contributed by atoms with van der Waals surface area (Å²) in [6.07, 6.45) is 0. The lowest BCUT2D eigenvalue weighted by Crippen LogP contribution is -2.24. The summed E-state index contributed by atoms with van der Waals surface area (Å²) in [5.41, 5.74) is 6.78. The number of nitrogens with zero attached hydrogens (tertiary/aromatic N) is 1. The monoisotopic (exact) mass is 242 g/mol. The Kier molecular flexibility index (Phi) is 4.42. The topological polar surface area (TPSA) is 29.3 Å². The van der Waals surface area contributed by atoms with Gasteiger partial charge >= 0.3 is 0 Å². The summed E-state index contributed by atoms with van der Waals surface area (Å²) in [4.78, 5) is 2.21. The molecule has 0 aliphatic heterocycles. The van der Waals surface area contributed by atoms with Crippen molar-refractivity contribution in [2.45, 2.75) is 6.54 Å². The van der Waals surface area contributed by atoms with Gasteiger partial charge in [-0.25, -0.2) is 0 Å². The third-order valence-corrected chi connectivity index (χ3v) is 2.41. The summed E-state index contributed by atoms with van der Waals surface area (Å²) >= 11 is 3.41. The second kappa shape index (κ2) is 5.37. The van der Waals surface area contributed by atoms with Gasteiger partial charge in [-0.3, -0.25) is 0 Å². The summed E-state index contributed by atoms with van der Waals surface area (Å²) in [5, 5.41) is 0. The minimum absolute atomic E-state index is 0.715. The van der Waals surface area contributed by atoms with Crippen LogP contribution in [0.5, 0.6) is 0 Å². The van der Waals surface area contributed by atoms with Crippen LogP contribution in [0.2, 0.25) is 0 Å². The molecule has 0 saturated heterocycles. The quantitative estimate of drug-likeness (QED) is 0.874. The minimum Gasteiger partial charge on any atom is -0.329 e. The van der Waals surface area contributed by atoms with Gasteiger partial charge in [0.15, 0.2) is 0 Å². The first-order valence-corrected chi connectivity index (χ1v) is 5.14. The van der Waals surface area contributed by atoms with Crippen molar-refractivity contribution in [3.05, 3.63) is 34.3 Å². The number of rotatable bonds is 4. The lowest BCUT2D eigenvalue weighted by molar-refractivity contribution is 0.336. The van der Waals surface area contributed by atoms with Crippen LogP contribution in [0, 0.1) is 0 Å². The number of hydrogen-bond acceptors (Lipinski definition) is 2. The molecule has 0 aliphatic carbocycles. The Morgan fingerprint density at radius 1 is 1.31 bits per heavy atom. The van der Waals surface area contributed by atoms with Crippen LogP contribution in [-0.4, -0.2) is 25.0 Å². The van der Waals surface area contributed by atoms with E-state index in [1.165, 1.54) is 5.56 Å². The first kappa shape index (κ1) is 10.7. The predicted molar refractivity (Wildman–Crippen MR) is 59.5 cm³/mol. The van der Waals surface area contributed by atoms with E-state index in [9.17, 15) is 0 Å². The second-order valence-electron chi connectivity index (χ2n) is 3.15. The van der Waals surface area contributed by atoms with E-state index < -0.39 is 0 Å². The molecule has 1 aromatic carbocycles. The fourth-order valence-electron chi connectivity index (χ4n) is 1.20. The van der Waals surface area contributed by atoms with Crippen molar-refractivity contribution in [1.82, 2.24) is 4.90 Å². The van der Waals surface area contributed by atoms with Crippen molar-refractivity contribution in [1.29, 1.82) is 0 Å². The maximum Gasteiger partial charge on any atom is 0.0231 e. The zero-order valence-corrected chi connectivity index (χ0v) is 9.42. The maximum atomic E-state index is 5.46. The van der Waals surface area contributed by atoms with Crippen molar-refractivity contribution in [3.8, 4) is 0 Å². The first-order chi connectivity index (χ1) is 6.22. The van der Waals surface area contributed by atoms with Crippen LogP contribution < -0.4 is 5.73 Å². The Bertz CT molecular complexity index is 246. The zero-order valence-electron chi connectivity index (χ0n) is 7.83. The smallest absolute Gasteiger partial charge is 0.0231 e. The molecule has 0 heterocycles. The molecule has 0 fully saturated rings. The van der Waals surface area contributed by atoms with E-state index in [1.807, 2.05) is 0 Å². The van der Waals surface area contributed by atoms with Gasteiger partial charge in [0.1, 0.15) is 0 Å². The molecule has 0 saturated carbocycles. The number of hydrogen-bond donors (Lipinski definition) is 1. The van der Waals surface area contributed by atoms with Gasteiger partial charge in [-0.05, 0) is 24.7 Å². The van der Waals surface area contributed by atoms with Crippen molar-refractivity contribution >= 4 is 15.9 Å². The molecule has 2 N–H and O–H groups in total. The lowest BCUT2D eigenvalue weighted by atomic mass is 10.2. The summed E-state index contributed by atoms with van der Waals surface area (Å²) in [5.74, 6) is 0. The molecule has 0 amide bonds. The number of nitrogens with two attached hydrogens (primary N) is 1. The van der Waals surface area contributed by atoms with Gasteiger partial charge in [-0.2, -0.15) is 0 Å². The average molecular weight is 243 g/mol. The normalized spacial score (nSPS) is 10.8. The molecule has 2 nitrogen and oxygen atoms in total. The number of benzene rings is 1. The molecule has 72 valence electrons. The Morgan fingerprint density at radius 2 is 1.92 bits per heavy atom. The first-order valence-electron chi connectivity index (χ1n) is 4.35. The third kappa shape index (κ3) is 3.89. The Hall–Kier alpha value is -0.380. The molecule has 3 heteroatoms. The average Bonchev–Trinajstić information content (AvgIpc) is 2.09. The SMILES string of the molecule is CN(CCN)Cc1ccc(Br)cc1. The highest BCUT2D eigenvalue weighted by atomic mass is 79.9. The van der Waals surface area contributed by atoms with Gasteiger partial charge in [0.25, 0.3) is 0 Å². The Morgan fingerprint density at radius 3 is 2.46 bits per heavy atom. The third-order valence-electron chi connectivity index (χ3n) is 1.88. The van der Waals surface area contributed by atoms with Crippen LogP contribution >= 0.6 is 15.9 Å². The molecule has 0 aliphatic rings. The van der Waals surface area contributed by atoms with Crippen LogP contribution in [0.1, 0.15) is 5.56 Å². The van der Waals surface area contributed by atoms with E-state index in [4.69, 9.17) is 5.73 Å². The van der Waals surface area contributed by atoms with E-state index in [0.717, 1.165) is 17.6 Å². The highest BCUT2D eigenvalue weighted by Crippen LogP contribution is 2.11. The van der Waals surface area contributed by atoms with E-state index in [-0.39, 0.29) is 0 Å². The fourth-order valence-corrected chi connectivity index (χ4v) is 1.47. The van der Waals surface area contributed by atoms with Gasteiger partial charge in [0.05, 0.1) is 0 Å². The molecule has 0 aromatic heterocycles. The lowest BCUT2D eigenvalue weighted by Gasteiger charge is -2.15. The van der Waals surface area contributed by atoms with Gasteiger partial charge in [-0.15, -0.1) is 0 Å². The van der Waals surface area contributed by atoms with Gasteiger partial charge in [0.2, 0.25) is 0 Å². The summed E-state index contributed by atoms with van der Waals surface area (Å²) in [6.45, 7) is 2.62. The standard InChI is InChI=1S/C10H15BrN2/c1-13(7-6-12)8-9-2-4-10(11)5-3-9/h2-5H,6-8,12H2,1H3. The molecule has 13 heavy (non-hydrogen) atoms. The Balaban J connectivity index is 2.49. The summed E-state index contributed by atoms with van der Waals surface area (Å²) in [6, 6.07) is 8.37. The highest BCUT2D eigenvalue weighted by molar-refractivity contribution is 9.10. The summed E-state index contributed by atoms with van der Waals surface area (Å²) < 4.78 is 1.12. The molecule has 0 spiro atoms. The molecule has 1 rings (SSSR count). The molecule has 0 unspecified atom stereocenters. The fraction of sp³-hybridized carbons (Fsp3) is 0.400. The van der Waals surface area contributed by atoms with E-state index >= 15 is 0 Å². The van der Waals surface area contributed by atoms with Crippen LogP contribution in [0.4, 0.5) is 0 Å². The van der Waals surface area contributed by atoms with Gasteiger partial charge in [0, 0.05) is 24.1 Å². The van der Waals surface area contributed by atoms with Crippen molar-refractivity contribution in [3.63, 3.8) is 0 Å². The van der Waals surface area contributed by atoms with Crippen LogP contribution in [0.3, 0.4) is 0 Å². The van der Waals surface area contributed by atoms with E-state index in [1.54, 1.807) is 0 Å². The van der Waals surface area contributed by atoms with Crippen molar-refractivity contribution in [2.24, 2.45) is 5.73 Å². The molecule has 0 radical (unpaired) electrons. The Labute approximate surface area is 87.9 Å². The van der Waals surface area contributed by atoms with Gasteiger partial charge < -0.3 is 10.6 Å². The van der Waals surface area contributed by atoms with Crippen LogP contribution in [0.25, 0.3) is 0 Å². The minimum atomic E-state index is 0.715. The van der Waals surface area contributed by atoms with Crippen LogP contribution in [-0.2, 0) is 6.54 Å². The largest absolute Gasteiger partial charge is 0.329 e.